The molecule has 2 aromatic rings. The van der Waals surface area contributed by atoms with E-state index in [1.165, 1.54) is 6.07 Å². The summed E-state index contributed by atoms with van der Waals surface area (Å²) in [7, 11) is 0. The first-order valence-electron chi connectivity index (χ1n) is 8.76. The van der Waals surface area contributed by atoms with Crippen molar-refractivity contribution in [2.24, 2.45) is 0 Å². The van der Waals surface area contributed by atoms with E-state index in [2.05, 4.69) is 5.32 Å². The summed E-state index contributed by atoms with van der Waals surface area (Å²) in [5.41, 5.74) is 1.12. The van der Waals surface area contributed by atoms with Crippen LogP contribution in [-0.2, 0) is 14.3 Å². The van der Waals surface area contributed by atoms with Crippen LogP contribution in [0, 0.1) is 0 Å². The summed E-state index contributed by atoms with van der Waals surface area (Å²) >= 11 is 0. The van der Waals surface area contributed by atoms with Crippen LogP contribution in [0.2, 0.25) is 0 Å². The maximum absolute atomic E-state index is 12.1. The van der Waals surface area contributed by atoms with Gasteiger partial charge >= 0.3 is 0 Å². The molecular weight excluding hydrogens is 334 g/mol. The Labute approximate surface area is 152 Å². The van der Waals surface area contributed by atoms with Crippen LogP contribution in [0.25, 0.3) is 0 Å². The molecule has 2 N–H and O–H groups in total. The number of hydrogen-bond donors (Lipinski definition) is 2. The van der Waals surface area contributed by atoms with Gasteiger partial charge in [0.2, 0.25) is 5.91 Å². The minimum Gasteiger partial charge on any atom is -0.506 e. The molecule has 1 fully saturated rings. The van der Waals surface area contributed by atoms with Crippen molar-refractivity contribution in [3.63, 3.8) is 0 Å². The highest BCUT2D eigenvalue weighted by atomic mass is 16.7. The molecule has 0 aromatic heterocycles. The summed E-state index contributed by atoms with van der Waals surface area (Å²) < 4.78 is 16.7. The molecule has 0 spiro atoms. The molecule has 1 heterocycles. The summed E-state index contributed by atoms with van der Waals surface area (Å²) in [4.78, 5) is 12.1. The molecule has 1 amide bonds. The predicted octanol–water partition coefficient (Wildman–Crippen LogP) is 3.63. The average Bonchev–Trinajstić information content (AvgIpc) is 2.68. The third kappa shape index (κ3) is 5.21. The summed E-state index contributed by atoms with van der Waals surface area (Å²) in [6.07, 6.45) is 1.28. The van der Waals surface area contributed by atoms with Crippen molar-refractivity contribution in [3.8, 4) is 11.5 Å². The number of anilines is 1. The molecule has 1 aliphatic rings. The second-order valence-electron chi connectivity index (χ2n) is 6.02. The van der Waals surface area contributed by atoms with Crippen LogP contribution in [0.3, 0.4) is 0 Å². The van der Waals surface area contributed by atoms with E-state index < -0.39 is 6.29 Å². The van der Waals surface area contributed by atoms with Crippen LogP contribution in [0.4, 0.5) is 5.69 Å². The first-order valence-corrected chi connectivity index (χ1v) is 8.76. The fourth-order valence-electron chi connectivity index (χ4n) is 2.63. The lowest BCUT2D eigenvalue weighted by Gasteiger charge is -2.24. The van der Waals surface area contributed by atoms with Gasteiger partial charge in [-0.15, -0.1) is 0 Å². The van der Waals surface area contributed by atoms with Gasteiger partial charge in [0.05, 0.1) is 25.5 Å². The number of hydrogen-bond acceptors (Lipinski definition) is 5. The van der Waals surface area contributed by atoms with Gasteiger partial charge in [0.1, 0.15) is 11.5 Å². The monoisotopic (exact) mass is 357 g/mol. The molecule has 138 valence electrons. The van der Waals surface area contributed by atoms with Crippen molar-refractivity contribution >= 4 is 11.6 Å². The second kappa shape index (κ2) is 9.22. The van der Waals surface area contributed by atoms with Gasteiger partial charge in [-0.25, -0.2) is 0 Å². The summed E-state index contributed by atoms with van der Waals surface area (Å²) in [5.74, 6) is 0.615. The third-order valence-electron chi connectivity index (χ3n) is 3.95. The minimum atomic E-state index is -0.459. The number of carbonyl (C=O) groups is 1. The third-order valence-corrected chi connectivity index (χ3v) is 3.95. The highest BCUT2D eigenvalue weighted by Crippen LogP contribution is 2.30. The Kier molecular flexibility index (Phi) is 6.46. The normalized spacial score (nSPS) is 14.8. The van der Waals surface area contributed by atoms with Crippen LogP contribution in [0.15, 0.2) is 48.5 Å². The second-order valence-corrected chi connectivity index (χ2v) is 6.02. The number of amides is 1. The molecule has 0 aliphatic carbocycles. The van der Waals surface area contributed by atoms with Gasteiger partial charge in [-0.2, -0.15) is 0 Å². The fraction of sp³-hybridized carbons (Fsp3) is 0.350. The number of carbonyl (C=O) groups excluding carboxylic acids is 1. The molecule has 0 atom stereocenters. The zero-order valence-electron chi connectivity index (χ0n) is 14.5. The molecule has 6 heteroatoms. The molecule has 3 rings (SSSR count). The van der Waals surface area contributed by atoms with Crippen molar-refractivity contribution in [1.29, 1.82) is 0 Å². The maximum Gasteiger partial charge on any atom is 0.224 e. The first-order chi connectivity index (χ1) is 12.7. The average molecular weight is 357 g/mol. The first kappa shape index (κ1) is 18.2. The van der Waals surface area contributed by atoms with E-state index in [0.29, 0.717) is 38.3 Å². The van der Waals surface area contributed by atoms with Gasteiger partial charge in [-0.05, 0) is 37.1 Å². The van der Waals surface area contributed by atoms with Crippen LogP contribution in [0.5, 0.6) is 11.5 Å². The summed E-state index contributed by atoms with van der Waals surface area (Å²) in [6, 6.07) is 14.4. The molecule has 6 nitrogen and oxygen atoms in total. The molecule has 26 heavy (non-hydrogen) atoms. The number of nitrogens with one attached hydrogen (secondary N) is 1. The Morgan fingerprint density at radius 3 is 2.69 bits per heavy atom. The van der Waals surface area contributed by atoms with Gasteiger partial charge in [0, 0.05) is 12.0 Å². The molecule has 2 aromatic carbocycles. The van der Waals surface area contributed by atoms with E-state index in [9.17, 15) is 9.90 Å². The van der Waals surface area contributed by atoms with Gasteiger partial charge in [0.15, 0.2) is 6.29 Å². The van der Waals surface area contributed by atoms with E-state index in [4.69, 9.17) is 14.2 Å². The molecule has 1 saturated heterocycles. The lowest BCUT2D eigenvalue weighted by atomic mass is 10.1. The molecule has 0 unspecified atom stereocenters. The Hall–Kier alpha value is -2.57. The van der Waals surface area contributed by atoms with Crippen molar-refractivity contribution in [1.82, 2.24) is 0 Å². The zero-order valence-corrected chi connectivity index (χ0v) is 14.5. The fourth-order valence-corrected chi connectivity index (χ4v) is 2.63. The number of benzene rings is 2. The highest BCUT2D eigenvalue weighted by molar-refractivity contribution is 5.92. The number of ether oxygens (including phenoxy) is 3. The van der Waals surface area contributed by atoms with Crippen LogP contribution in [0.1, 0.15) is 31.1 Å². The molecule has 0 saturated carbocycles. The van der Waals surface area contributed by atoms with Gasteiger partial charge in [-0.1, -0.05) is 24.3 Å². The molecular formula is C20H23NO5. The Morgan fingerprint density at radius 2 is 1.92 bits per heavy atom. The molecule has 1 aliphatic heterocycles. The lowest BCUT2D eigenvalue weighted by Crippen LogP contribution is -2.18. The van der Waals surface area contributed by atoms with E-state index in [0.717, 1.165) is 17.7 Å². The number of para-hydroxylation sites is 1. The SMILES string of the molecule is O=C(CCCOc1ccccc1)Nc1cc(C2OCCCO2)ccc1O. The van der Waals surface area contributed by atoms with Gasteiger partial charge in [0.25, 0.3) is 0 Å². The Morgan fingerprint density at radius 1 is 1.15 bits per heavy atom. The highest BCUT2D eigenvalue weighted by Gasteiger charge is 2.18. The quantitative estimate of drug-likeness (QED) is 0.584. The van der Waals surface area contributed by atoms with Gasteiger partial charge in [-0.3, -0.25) is 4.79 Å². The Bertz CT molecular complexity index is 713. The molecule has 0 radical (unpaired) electrons. The topological polar surface area (TPSA) is 77.0 Å². The number of rotatable bonds is 7. The largest absolute Gasteiger partial charge is 0.506 e. The number of phenolic OH excluding ortho intramolecular Hbond substituents is 1. The van der Waals surface area contributed by atoms with Crippen LogP contribution in [-0.4, -0.2) is 30.8 Å². The zero-order chi connectivity index (χ0) is 18.2. The Balaban J connectivity index is 1.48. The standard InChI is InChI=1S/C20H23NO5/c22-18-10-9-15(20-25-12-5-13-26-20)14-17(18)21-19(23)8-4-11-24-16-6-2-1-3-7-16/h1-3,6-7,9-10,14,20,22H,4-5,8,11-13H2,(H,21,23). The van der Waals surface area contributed by atoms with E-state index in [1.54, 1.807) is 12.1 Å². The van der Waals surface area contributed by atoms with Crippen molar-refractivity contribution in [2.75, 3.05) is 25.1 Å². The summed E-state index contributed by atoms with van der Waals surface area (Å²) in [5, 5.41) is 12.7. The lowest BCUT2D eigenvalue weighted by molar-refractivity contribution is -0.183. The molecule has 0 bridgehead atoms. The predicted molar refractivity (Wildman–Crippen MR) is 97.2 cm³/mol. The van der Waals surface area contributed by atoms with Crippen LogP contribution < -0.4 is 10.1 Å². The maximum atomic E-state index is 12.1. The smallest absolute Gasteiger partial charge is 0.224 e. The van der Waals surface area contributed by atoms with Crippen molar-refractivity contribution < 1.29 is 24.1 Å². The van der Waals surface area contributed by atoms with E-state index >= 15 is 0 Å². The summed E-state index contributed by atoms with van der Waals surface area (Å²) in [6.45, 7) is 1.72. The van der Waals surface area contributed by atoms with E-state index in [-0.39, 0.29) is 11.7 Å². The van der Waals surface area contributed by atoms with Crippen molar-refractivity contribution in [3.05, 3.63) is 54.1 Å². The number of aromatic hydroxyl groups is 1. The minimum absolute atomic E-state index is 0.0124. The van der Waals surface area contributed by atoms with Gasteiger partial charge < -0.3 is 24.6 Å². The number of phenols is 1. The van der Waals surface area contributed by atoms with E-state index in [1.807, 2.05) is 30.3 Å². The van der Waals surface area contributed by atoms with Crippen LogP contribution >= 0.6 is 0 Å². The van der Waals surface area contributed by atoms with Crippen molar-refractivity contribution in [2.45, 2.75) is 25.6 Å².